The van der Waals surface area contributed by atoms with Crippen molar-refractivity contribution in [1.29, 1.82) is 5.26 Å². The summed E-state index contributed by atoms with van der Waals surface area (Å²) in [5.41, 5.74) is 0.899. The highest BCUT2D eigenvalue weighted by molar-refractivity contribution is 7.99. The topological polar surface area (TPSA) is 93.0 Å². The molecule has 0 saturated heterocycles. The molecule has 6 nitrogen and oxygen atoms in total. The Balaban J connectivity index is 2.35. The minimum absolute atomic E-state index is 0.110. The van der Waals surface area contributed by atoms with Gasteiger partial charge in [-0.25, -0.2) is 4.98 Å². The molecule has 0 radical (unpaired) electrons. The van der Waals surface area contributed by atoms with Gasteiger partial charge in [0.2, 0.25) is 0 Å². The van der Waals surface area contributed by atoms with Crippen LogP contribution in [0, 0.1) is 35.3 Å². The molecule has 0 N–H and O–H groups in total. The maximum absolute atomic E-state index is 10.6. The van der Waals surface area contributed by atoms with Gasteiger partial charge >= 0.3 is 0 Å². The molecule has 0 aliphatic carbocycles. The number of rotatable bonds is 3. The van der Waals surface area contributed by atoms with Crippen LogP contribution >= 0.6 is 11.8 Å². The van der Waals surface area contributed by atoms with Crippen LogP contribution in [0.5, 0.6) is 0 Å². The highest BCUT2D eigenvalue weighted by atomic mass is 32.2. The van der Waals surface area contributed by atoms with Gasteiger partial charge in [-0.1, -0.05) is 0 Å². The summed E-state index contributed by atoms with van der Waals surface area (Å²) in [6.45, 7) is 3.62. The molecule has 1 aromatic carbocycles. The molecular formula is C12H9N3O3S. The second-order valence-electron chi connectivity index (χ2n) is 3.77. The van der Waals surface area contributed by atoms with Gasteiger partial charge in [0.1, 0.15) is 11.8 Å². The van der Waals surface area contributed by atoms with Crippen LogP contribution in [0.2, 0.25) is 0 Å². The number of nitrogens with zero attached hydrogens (tertiary/aromatic N) is 3. The van der Waals surface area contributed by atoms with E-state index in [1.807, 2.05) is 13.0 Å². The van der Waals surface area contributed by atoms with Crippen LogP contribution in [0.1, 0.15) is 17.0 Å². The number of non-ortho nitro benzene ring substituents is 1. The average Bonchev–Trinajstić information content (AvgIpc) is 2.68. The van der Waals surface area contributed by atoms with Crippen molar-refractivity contribution in [3.8, 4) is 6.07 Å². The maximum atomic E-state index is 10.6. The number of oxazole rings is 1. The smallest absolute Gasteiger partial charge is 0.270 e. The lowest BCUT2D eigenvalue weighted by atomic mass is 10.2. The van der Waals surface area contributed by atoms with Crippen molar-refractivity contribution >= 4 is 17.4 Å². The van der Waals surface area contributed by atoms with E-state index in [1.54, 1.807) is 6.92 Å². The molecule has 19 heavy (non-hydrogen) atoms. The summed E-state index contributed by atoms with van der Waals surface area (Å²) in [5.74, 6) is 0.711. The fourth-order valence-electron chi connectivity index (χ4n) is 1.39. The van der Waals surface area contributed by atoms with Crippen LogP contribution in [-0.2, 0) is 0 Å². The van der Waals surface area contributed by atoms with Gasteiger partial charge in [-0.2, -0.15) is 5.26 Å². The van der Waals surface area contributed by atoms with E-state index in [4.69, 9.17) is 9.68 Å². The summed E-state index contributed by atoms with van der Waals surface area (Å²) in [7, 11) is 0. The third-order valence-corrected chi connectivity index (χ3v) is 3.43. The molecule has 0 aliphatic rings. The molecule has 0 saturated carbocycles. The quantitative estimate of drug-likeness (QED) is 0.630. The molecule has 1 heterocycles. The zero-order chi connectivity index (χ0) is 14.0. The van der Waals surface area contributed by atoms with Gasteiger partial charge < -0.3 is 4.42 Å². The van der Waals surface area contributed by atoms with Crippen molar-refractivity contribution in [2.24, 2.45) is 0 Å². The predicted octanol–water partition coefficient (Wildman–Crippen LogP) is 3.22. The molecule has 0 atom stereocenters. The van der Waals surface area contributed by atoms with Gasteiger partial charge in [0.25, 0.3) is 10.9 Å². The molecule has 0 unspecified atom stereocenters. The normalized spacial score (nSPS) is 10.2. The van der Waals surface area contributed by atoms with Crippen molar-refractivity contribution < 1.29 is 9.34 Å². The van der Waals surface area contributed by atoms with Crippen molar-refractivity contribution in [3.05, 3.63) is 45.3 Å². The fraction of sp³-hybridized carbons (Fsp3) is 0.167. The first kappa shape index (κ1) is 13.1. The molecule has 1 aromatic heterocycles. The molecule has 2 aromatic rings. The Morgan fingerprint density at radius 3 is 2.74 bits per heavy atom. The van der Waals surface area contributed by atoms with E-state index < -0.39 is 4.92 Å². The molecule has 0 fully saturated rings. The van der Waals surface area contributed by atoms with E-state index in [2.05, 4.69) is 4.98 Å². The molecule has 0 spiro atoms. The summed E-state index contributed by atoms with van der Waals surface area (Å²) < 4.78 is 5.40. The van der Waals surface area contributed by atoms with Crippen molar-refractivity contribution in [3.63, 3.8) is 0 Å². The van der Waals surface area contributed by atoms with Gasteiger partial charge in [0, 0.05) is 17.0 Å². The van der Waals surface area contributed by atoms with Crippen LogP contribution in [-0.4, -0.2) is 9.91 Å². The first-order valence-corrected chi connectivity index (χ1v) is 6.13. The SMILES string of the molecule is Cc1nc(Sc2ccc([N+](=O)[O-])cc2C#N)oc1C. The van der Waals surface area contributed by atoms with E-state index in [0.717, 1.165) is 5.69 Å². The fourth-order valence-corrected chi connectivity index (χ4v) is 2.28. The standard InChI is InChI=1S/C12H9N3O3S/c1-7-8(2)18-12(14-7)19-11-4-3-10(15(16)17)5-9(11)6-13/h3-5H,1-2H3. The number of nitro benzene ring substituents is 1. The summed E-state index contributed by atoms with van der Waals surface area (Å²) in [4.78, 5) is 14.9. The lowest BCUT2D eigenvalue weighted by molar-refractivity contribution is -0.384. The molecule has 2 rings (SSSR count). The number of aromatic nitrogens is 1. The van der Waals surface area contributed by atoms with Gasteiger partial charge in [0.05, 0.1) is 16.2 Å². The average molecular weight is 275 g/mol. The van der Waals surface area contributed by atoms with Gasteiger partial charge in [0.15, 0.2) is 0 Å². The number of hydrogen-bond donors (Lipinski definition) is 0. The van der Waals surface area contributed by atoms with Gasteiger partial charge in [-0.05, 0) is 31.7 Å². The van der Waals surface area contributed by atoms with E-state index in [1.165, 1.54) is 30.0 Å². The molecule has 0 aliphatic heterocycles. The largest absolute Gasteiger partial charge is 0.436 e. The molecule has 0 bridgehead atoms. The monoisotopic (exact) mass is 275 g/mol. The minimum atomic E-state index is -0.533. The van der Waals surface area contributed by atoms with Crippen LogP contribution in [0.25, 0.3) is 0 Å². The molecule has 96 valence electrons. The highest BCUT2D eigenvalue weighted by Gasteiger charge is 2.14. The van der Waals surface area contributed by atoms with Crippen molar-refractivity contribution in [2.75, 3.05) is 0 Å². The van der Waals surface area contributed by atoms with Crippen LogP contribution < -0.4 is 0 Å². The Morgan fingerprint density at radius 1 is 1.47 bits per heavy atom. The summed E-state index contributed by atoms with van der Waals surface area (Å²) in [5, 5.41) is 20.1. The van der Waals surface area contributed by atoms with Crippen LogP contribution in [0.3, 0.4) is 0 Å². The Bertz CT molecular complexity index is 669. The predicted molar refractivity (Wildman–Crippen MR) is 67.9 cm³/mol. The summed E-state index contributed by atoms with van der Waals surface area (Å²) in [6.07, 6.45) is 0. The molecule has 7 heteroatoms. The van der Waals surface area contributed by atoms with Crippen LogP contribution in [0.4, 0.5) is 5.69 Å². The number of nitro groups is 1. The van der Waals surface area contributed by atoms with Crippen molar-refractivity contribution in [2.45, 2.75) is 24.0 Å². The van der Waals surface area contributed by atoms with E-state index >= 15 is 0 Å². The highest BCUT2D eigenvalue weighted by Crippen LogP contribution is 2.32. The second kappa shape index (κ2) is 5.12. The number of aryl methyl sites for hydroxylation is 2. The Hall–Kier alpha value is -2.33. The second-order valence-corrected chi connectivity index (χ2v) is 4.77. The van der Waals surface area contributed by atoms with E-state index in [-0.39, 0.29) is 11.3 Å². The summed E-state index contributed by atoms with van der Waals surface area (Å²) in [6, 6.07) is 6.06. The van der Waals surface area contributed by atoms with Crippen molar-refractivity contribution in [1.82, 2.24) is 4.98 Å². The zero-order valence-electron chi connectivity index (χ0n) is 10.2. The van der Waals surface area contributed by atoms with Gasteiger partial charge in [-0.3, -0.25) is 10.1 Å². The van der Waals surface area contributed by atoms with Crippen LogP contribution in [0.15, 0.2) is 32.7 Å². The number of nitriles is 1. The molecular weight excluding hydrogens is 266 g/mol. The van der Waals surface area contributed by atoms with Gasteiger partial charge in [-0.15, -0.1) is 0 Å². The zero-order valence-corrected chi connectivity index (χ0v) is 11.0. The number of hydrogen-bond acceptors (Lipinski definition) is 6. The van der Waals surface area contributed by atoms with E-state index in [9.17, 15) is 10.1 Å². The first-order chi connectivity index (χ1) is 9.01. The molecule has 0 amide bonds. The summed E-state index contributed by atoms with van der Waals surface area (Å²) >= 11 is 1.17. The van der Waals surface area contributed by atoms with E-state index in [0.29, 0.717) is 15.9 Å². The number of benzene rings is 1. The Kier molecular flexibility index (Phi) is 3.53. The third-order valence-electron chi connectivity index (χ3n) is 2.50. The Morgan fingerprint density at radius 2 is 2.21 bits per heavy atom. The maximum Gasteiger partial charge on any atom is 0.270 e. The lowest BCUT2D eigenvalue weighted by Crippen LogP contribution is -1.90. The first-order valence-electron chi connectivity index (χ1n) is 5.31. The minimum Gasteiger partial charge on any atom is -0.436 e. The third kappa shape index (κ3) is 2.74. The Labute approximate surface area is 113 Å². The lowest BCUT2D eigenvalue weighted by Gasteiger charge is -2.00.